The average Bonchev–Trinajstić information content (AvgIpc) is 2.50. The van der Waals surface area contributed by atoms with Crippen LogP contribution in [-0.4, -0.2) is 29.5 Å². The molecule has 82 valence electrons. The summed E-state index contributed by atoms with van der Waals surface area (Å²) in [4.78, 5) is 11.7. The maximum absolute atomic E-state index is 11.7. The van der Waals surface area contributed by atoms with Crippen LogP contribution >= 0.6 is 15.9 Å². The summed E-state index contributed by atoms with van der Waals surface area (Å²) < 4.78 is 4.82. The largest absolute Gasteiger partial charge is 0.379 e. The molecule has 0 heterocycles. The predicted octanol–water partition coefficient (Wildman–Crippen LogP) is 1.84. The average molecular weight is 264 g/mol. The zero-order valence-corrected chi connectivity index (χ0v) is 10.6. The number of methoxy groups -OCH3 is 1. The molecule has 0 aliphatic heterocycles. The van der Waals surface area contributed by atoms with Crippen LogP contribution in [0.3, 0.4) is 0 Å². The van der Waals surface area contributed by atoms with Gasteiger partial charge in [-0.25, -0.2) is 0 Å². The van der Waals surface area contributed by atoms with Crippen LogP contribution in [0.25, 0.3) is 0 Å². The van der Waals surface area contributed by atoms with Crippen molar-refractivity contribution in [2.75, 3.05) is 7.11 Å². The van der Waals surface area contributed by atoms with Gasteiger partial charge in [0.15, 0.2) is 0 Å². The lowest BCUT2D eigenvalue weighted by Crippen LogP contribution is -2.47. The molecular weight excluding hydrogens is 246 g/mol. The van der Waals surface area contributed by atoms with Gasteiger partial charge in [-0.05, 0) is 33.1 Å². The van der Waals surface area contributed by atoms with Gasteiger partial charge in [0.05, 0.1) is 16.5 Å². The third kappa shape index (κ3) is 2.95. The predicted molar refractivity (Wildman–Crippen MR) is 59.6 cm³/mol. The lowest BCUT2D eigenvalue weighted by atomic mass is 10.1. The zero-order valence-electron chi connectivity index (χ0n) is 8.97. The number of ether oxygens (including phenoxy) is 1. The van der Waals surface area contributed by atoms with Gasteiger partial charge in [0.25, 0.3) is 0 Å². The third-order valence-corrected chi connectivity index (χ3v) is 2.97. The molecule has 4 heteroatoms. The molecule has 0 saturated heterocycles. The first-order valence-corrected chi connectivity index (χ1v) is 5.77. The second kappa shape index (κ2) is 4.62. The first-order valence-electron chi connectivity index (χ1n) is 4.98. The van der Waals surface area contributed by atoms with Crippen molar-refractivity contribution >= 4 is 21.8 Å². The van der Waals surface area contributed by atoms with E-state index in [-0.39, 0.29) is 18.1 Å². The third-order valence-electron chi connectivity index (χ3n) is 2.61. The van der Waals surface area contributed by atoms with E-state index in [4.69, 9.17) is 4.74 Å². The minimum absolute atomic E-state index is 0.0338. The van der Waals surface area contributed by atoms with Crippen LogP contribution in [0.15, 0.2) is 0 Å². The van der Waals surface area contributed by atoms with E-state index in [1.54, 1.807) is 7.11 Å². The van der Waals surface area contributed by atoms with Crippen LogP contribution in [0.5, 0.6) is 0 Å². The van der Waals surface area contributed by atoms with Gasteiger partial charge in [0, 0.05) is 7.11 Å². The van der Waals surface area contributed by atoms with E-state index in [0.29, 0.717) is 0 Å². The van der Waals surface area contributed by atoms with Gasteiger partial charge < -0.3 is 10.1 Å². The lowest BCUT2D eigenvalue weighted by Gasteiger charge is -2.23. The highest BCUT2D eigenvalue weighted by atomic mass is 79.9. The maximum atomic E-state index is 11.7. The Morgan fingerprint density at radius 1 is 1.50 bits per heavy atom. The second-order valence-electron chi connectivity index (χ2n) is 4.26. The van der Waals surface area contributed by atoms with E-state index in [0.717, 1.165) is 19.3 Å². The van der Waals surface area contributed by atoms with Gasteiger partial charge in [-0.1, -0.05) is 15.9 Å². The van der Waals surface area contributed by atoms with E-state index in [1.165, 1.54) is 0 Å². The molecule has 0 aromatic heterocycles. The fourth-order valence-electron chi connectivity index (χ4n) is 1.71. The van der Waals surface area contributed by atoms with Crippen molar-refractivity contribution in [1.82, 2.24) is 5.32 Å². The van der Waals surface area contributed by atoms with Crippen molar-refractivity contribution in [3.05, 3.63) is 0 Å². The van der Waals surface area contributed by atoms with Gasteiger partial charge in [0.2, 0.25) is 5.91 Å². The number of alkyl halides is 1. The summed E-state index contributed by atoms with van der Waals surface area (Å²) in [7, 11) is 1.70. The monoisotopic (exact) mass is 263 g/mol. The Kier molecular flexibility index (Phi) is 3.95. The first-order chi connectivity index (χ1) is 6.45. The van der Waals surface area contributed by atoms with Crippen molar-refractivity contribution in [3.8, 4) is 0 Å². The molecule has 0 aromatic rings. The Bertz CT molecular complexity index is 213. The summed E-state index contributed by atoms with van der Waals surface area (Å²) in [6.07, 6.45) is 3.39. The highest BCUT2D eigenvalue weighted by Gasteiger charge is 2.32. The van der Waals surface area contributed by atoms with Crippen molar-refractivity contribution < 1.29 is 9.53 Å². The molecule has 2 atom stereocenters. The number of carbonyl (C=O) groups is 1. The Labute approximate surface area is 93.7 Å². The molecule has 3 nitrogen and oxygen atoms in total. The van der Waals surface area contributed by atoms with Crippen LogP contribution in [0.4, 0.5) is 0 Å². The van der Waals surface area contributed by atoms with E-state index in [1.807, 2.05) is 13.8 Å². The Morgan fingerprint density at radius 2 is 2.14 bits per heavy atom. The Morgan fingerprint density at radius 3 is 2.64 bits per heavy atom. The number of hydrogen-bond acceptors (Lipinski definition) is 2. The van der Waals surface area contributed by atoms with Crippen LogP contribution < -0.4 is 5.32 Å². The van der Waals surface area contributed by atoms with Crippen molar-refractivity contribution in [2.24, 2.45) is 0 Å². The molecule has 1 aliphatic carbocycles. The lowest BCUT2D eigenvalue weighted by molar-refractivity contribution is -0.124. The number of hydrogen-bond donors (Lipinski definition) is 1. The number of halogens is 1. The van der Waals surface area contributed by atoms with Crippen molar-refractivity contribution in [3.63, 3.8) is 0 Å². The van der Waals surface area contributed by atoms with Crippen molar-refractivity contribution in [1.29, 1.82) is 0 Å². The van der Waals surface area contributed by atoms with Gasteiger partial charge in [-0.15, -0.1) is 0 Å². The molecule has 0 bridgehead atoms. The van der Waals surface area contributed by atoms with Gasteiger partial charge in [-0.3, -0.25) is 4.79 Å². The van der Waals surface area contributed by atoms with Crippen LogP contribution in [0.2, 0.25) is 0 Å². The molecule has 2 unspecified atom stereocenters. The van der Waals surface area contributed by atoms with E-state index in [9.17, 15) is 4.79 Å². The van der Waals surface area contributed by atoms with Gasteiger partial charge in [0.1, 0.15) is 0 Å². The Balaban J connectivity index is 2.48. The smallest absolute Gasteiger partial charge is 0.236 e. The molecule has 0 spiro atoms. The second-order valence-corrected chi connectivity index (χ2v) is 6.24. The standard InChI is InChI=1S/C10H18BrNO2/c1-10(2,11)9(13)12-7-5-4-6-8(7)14-3/h7-8H,4-6H2,1-3H3,(H,12,13). The molecule has 1 amide bonds. The SMILES string of the molecule is COC1CCCC1NC(=O)C(C)(C)Br. The molecule has 0 radical (unpaired) electrons. The summed E-state index contributed by atoms with van der Waals surface area (Å²) in [6.45, 7) is 3.69. The number of amides is 1. The summed E-state index contributed by atoms with van der Waals surface area (Å²) in [5.74, 6) is 0.0338. The summed E-state index contributed by atoms with van der Waals surface area (Å²) >= 11 is 3.34. The Hall–Kier alpha value is -0.0900. The molecule has 1 N–H and O–H groups in total. The van der Waals surface area contributed by atoms with E-state index >= 15 is 0 Å². The highest BCUT2D eigenvalue weighted by Crippen LogP contribution is 2.23. The maximum Gasteiger partial charge on any atom is 0.236 e. The molecule has 1 saturated carbocycles. The van der Waals surface area contributed by atoms with E-state index < -0.39 is 4.32 Å². The van der Waals surface area contributed by atoms with E-state index in [2.05, 4.69) is 21.2 Å². The van der Waals surface area contributed by atoms with Crippen LogP contribution in [0.1, 0.15) is 33.1 Å². The number of carbonyl (C=O) groups excluding carboxylic acids is 1. The molecule has 1 rings (SSSR count). The molecule has 0 aromatic carbocycles. The van der Waals surface area contributed by atoms with Crippen molar-refractivity contribution in [2.45, 2.75) is 49.6 Å². The molecule has 1 aliphatic rings. The number of nitrogens with one attached hydrogen (secondary N) is 1. The van der Waals surface area contributed by atoms with Gasteiger partial charge >= 0.3 is 0 Å². The quantitative estimate of drug-likeness (QED) is 0.790. The first kappa shape index (κ1) is 12.0. The number of rotatable bonds is 3. The minimum atomic E-state index is -0.492. The fraction of sp³-hybridized carbons (Fsp3) is 0.900. The fourth-order valence-corrected chi connectivity index (χ4v) is 1.83. The van der Waals surface area contributed by atoms with Gasteiger partial charge in [-0.2, -0.15) is 0 Å². The zero-order chi connectivity index (χ0) is 10.8. The normalized spacial score (nSPS) is 27.7. The summed E-state index contributed by atoms with van der Waals surface area (Å²) in [6, 6.07) is 0.185. The molecule has 1 fully saturated rings. The topological polar surface area (TPSA) is 38.3 Å². The summed E-state index contributed by atoms with van der Waals surface area (Å²) in [5.41, 5.74) is 0. The molecular formula is C10H18BrNO2. The van der Waals surface area contributed by atoms with Crippen LogP contribution in [0, 0.1) is 0 Å². The molecule has 14 heavy (non-hydrogen) atoms. The highest BCUT2D eigenvalue weighted by molar-refractivity contribution is 9.10. The minimum Gasteiger partial charge on any atom is -0.379 e. The van der Waals surface area contributed by atoms with Crippen LogP contribution in [-0.2, 0) is 9.53 Å². The summed E-state index contributed by atoms with van der Waals surface area (Å²) in [5, 5.41) is 3.01.